The van der Waals surface area contributed by atoms with E-state index in [1.807, 2.05) is 44.2 Å². The molecular formula is C27H30O6. The fourth-order valence-corrected chi connectivity index (χ4v) is 4.27. The van der Waals surface area contributed by atoms with Crippen LogP contribution in [0.1, 0.15) is 36.8 Å². The van der Waals surface area contributed by atoms with Crippen LogP contribution in [0.3, 0.4) is 0 Å². The molecule has 0 spiro atoms. The minimum absolute atomic E-state index is 0.000159. The smallest absolute Gasteiger partial charge is 0.330 e. The van der Waals surface area contributed by atoms with Crippen molar-refractivity contribution in [1.82, 2.24) is 0 Å². The van der Waals surface area contributed by atoms with Gasteiger partial charge >= 0.3 is 17.9 Å². The van der Waals surface area contributed by atoms with E-state index in [1.54, 1.807) is 0 Å². The van der Waals surface area contributed by atoms with Gasteiger partial charge in [-0.05, 0) is 73.9 Å². The molecule has 6 nitrogen and oxygen atoms in total. The summed E-state index contributed by atoms with van der Waals surface area (Å²) in [6.07, 6.45) is 3.34. The van der Waals surface area contributed by atoms with Gasteiger partial charge in [-0.3, -0.25) is 9.59 Å². The van der Waals surface area contributed by atoms with Crippen LogP contribution < -0.4 is 4.74 Å². The Kier molecular flexibility index (Phi) is 8.41. The summed E-state index contributed by atoms with van der Waals surface area (Å²) in [4.78, 5) is 35.9. The predicted molar refractivity (Wildman–Crippen MR) is 125 cm³/mol. The van der Waals surface area contributed by atoms with Crippen molar-refractivity contribution < 1.29 is 28.6 Å². The van der Waals surface area contributed by atoms with Crippen molar-refractivity contribution >= 4 is 17.9 Å². The first kappa shape index (κ1) is 24.2. The van der Waals surface area contributed by atoms with Gasteiger partial charge in [-0.15, -0.1) is 0 Å². The van der Waals surface area contributed by atoms with E-state index in [9.17, 15) is 14.4 Å². The number of hydrogen-bond donors (Lipinski definition) is 0. The number of aryl methyl sites for hydroxylation is 2. The largest absolute Gasteiger partial charge is 0.462 e. The highest BCUT2D eigenvalue weighted by molar-refractivity contribution is 5.81. The first-order chi connectivity index (χ1) is 15.9. The fourth-order valence-electron chi connectivity index (χ4n) is 4.27. The van der Waals surface area contributed by atoms with Gasteiger partial charge in [0.2, 0.25) is 0 Å². The topological polar surface area (TPSA) is 78.9 Å². The number of carbonyl (C=O) groups is 3. The summed E-state index contributed by atoms with van der Waals surface area (Å²) in [6, 6.07) is 13.9. The summed E-state index contributed by atoms with van der Waals surface area (Å²) in [7, 11) is 0. The molecule has 1 saturated carbocycles. The Labute approximate surface area is 194 Å². The minimum atomic E-state index is -0.551. The normalized spacial score (nSPS) is 17.6. The zero-order valence-electron chi connectivity index (χ0n) is 19.2. The highest BCUT2D eigenvalue weighted by Gasteiger charge is 2.32. The van der Waals surface area contributed by atoms with Gasteiger partial charge in [0.05, 0.1) is 11.8 Å². The lowest BCUT2D eigenvalue weighted by atomic mass is 9.82. The maximum Gasteiger partial charge on any atom is 0.330 e. The molecule has 33 heavy (non-hydrogen) atoms. The zero-order valence-corrected chi connectivity index (χ0v) is 19.2. The molecule has 2 aromatic carbocycles. The van der Waals surface area contributed by atoms with Gasteiger partial charge in [0.1, 0.15) is 19.0 Å². The van der Waals surface area contributed by atoms with Crippen LogP contribution in [0, 0.1) is 25.7 Å². The molecule has 0 atom stereocenters. The van der Waals surface area contributed by atoms with E-state index < -0.39 is 5.97 Å². The third-order valence-electron chi connectivity index (χ3n) is 5.92. The van der Waals surface area contributed by atoms with Crippen molar-refractivity contribution in [3.05, 3.63) is 66.2 Å². The van der Waals surface area contributed by atoms with E-state index in [4.69, 9.17) is 14.2 Å². The molecule has 3 rings (SSSR count). The SMILES string of the molecule is C=CC(=O)OCCOC(=O)C1CCC(C(=O)Oc2cc(C)c(-c3ccccc3)c(C)c2)CC1. The van der Waals surface area contributed by atoms with Crippen LogP contribution in [0.15, 0.2) is 55.1 Å². The zero-order chi connectivity index (χ0) is 23.8. The summed E-state index contributed by atoms with van der Waals surface area (Å²) in [5, 5.41) is 0. The molecule has 1 fully saturated rings. The van der Waals surface area contributed by atoms with Crippen molar-refractivity contribution in [1.29, 1.82) is 0 Å². The summed E-state index contributed by atoms with van der Waals surface area (Å²) in [5.41, 5.74) is 4.38. The van der Waals surface area contributed by atoms with E-state index in [0.29, 0.717) is 31.4 Å². The van der Waals surface area contributed by atoms with Crippen molar-refractivity contribution in [2.45, 2.75) is 39.5 Å². The second kappa shape index (κ2) is 11.5. The first-order valence-corrected chi connectivity index (χ1v) is 11.2. The molecular weight excluding hydrogens is 420 g/mol. The number of rotatable bonds is 8. The summed E-state index contributed by atoms with van der Waals surface area (Å²) in [5.74, 6) is -1.07. The summed E-state index contributed by atoms with van der Waals surface area (Å²) >= 11 is 0. The molecule has 1 aliphatic carbocycles. The molecule has 0 N–H and O–H groups in total. The number of carbonyl (C=O) groups excluding carboxylic acids is 3. The number of benzene rings is 2. The lowest BCUT2D eigenvalue weighted by Gasteiger charge is -2.26. The molecule has 0 aromatic heterocycles. The van der Waals surface area contributed by atoms with E-state index in [2.05, 4.69) is 18.7 Å². The summed E-state index contributed by atoms with van der Waals surface area (Å²) in [6.45, 7) is 7.34. The van der Waals surface area contributed by atoms with Crippen LogP contribution in [0.25, 0.3) is 11.1 Å². The third-order valence-corrected chi connectivity index (χ3v) is 5.92. The molecule has 174 valence electrons. The van der Waals surface area contributed by atoms with Gasteiger partial charge in [0.15, 0.2) is 0 Å². The van der Waals surface area contributed by atoms with E-state index in [-0.39, 0.29) is 37.0 Å². The van der Waals surface area contributed by atoms with Gasteiger partial charge in [0.25, 0.3) is 0 Å². The molecule has 0 unspecified atom stereocenters. The molecule has 6 heteroatoms. The van der Waals surface area contributed by atoms with Gasteiger partial charge in [-0.1, -0.05) is 36.9 Å². The Hall–Kier alpha value is -3.41. The molecule has 2 aromatic rings. The van der Waals surface area contributed by atoms with Gasteiger partial charge in [-0.2, -0.15) is 0 Å². The maximum atomic E-state index is 12.7. The van der Waals surface area contributed by atoms with Gasteiger partial charge in [0, 0.05) is 6.08 Å². The van der Waals surface area contributed by atoms with E-state index >= 15 is 0 Å². The molecule has 0 aliphatic heterocycles. The number of esters is 3. The van der Waals surface area contributed by atoms with Crippen molar-refractivity contribution in [2.24, 2.45) is 11.8 Å². The van der Waals surface area contributed by atoms with Crippen molar-refractivity contribution in [3.8, 4) is 16.9 Å². The summed E-state index contributed by atoms with van der Waals surface area (Å²) < 4.78 is 15.7. The average Bonchev–Trinajstić information content (AvgIpc) is 2.81. The number of hydrogen-bond acceptors (Lipinski definition) is 6. The second-order valence-electron chi connectivity index (χ2n) is 8.31. The molecule has 0 saturated heterocycles. The Morgan fingerprint density at radius 2 is 1.42 bits per heavy atom. The molecule has 0 bridgehead atoms. The van der Waals surface area contributed by atoms with E-state index in [1.165, 1.54) is 0 Å². The monoisotopic (exact) mass is 450 g/mol. The van der Waals surface area contributed by atoms with Gasteiger partial charge in [-0.25, -0.2) is 4.79 Å². The average molecular weight is 451 g/mol. The lowest BCUT2D eigenvalue weighted by molar-refractivity contribution is -0.155. The van der Waals surface area contributed by atoms with Crippen LogP contribution in [-0.2, 0) is 23.9 Å². The highest BCUT2D eigenvalue weighted by Crippen LogP contribution is 2.33. The van der Waals surface area contributed by atoms with Crippen LogP contribution in [0.4, 0.5) is 0 Å². The molecule has 0 heterocycles. The minimum Gasteiger partial charge on any atom is -0.462 e. The van der Waals surface area contributed by atoms with Crippen molar-refractivity contribution in [2.75, 3.05) is 13.2 Å². The van der Waals surface area contributed by atoms with Crippen LogP contribution in [0.2, 0.25) is 0 Å². The lowest BCUT2D eigenvalue weighted by Crippen LogP contribution is -2.30. The molecule has 1 aliphatic rings. The second-order valence-corrected chi connectivity index (χ2v) is 8.31. The Balaban J connectivity index is 1.50. The van der Waals surface area contributed by atoms with Crippen LogP contribution >= 0.6 is 0 Å². The predicted octanol–water partition coefficient (Wildman–Crippen LogP) is 4.95. The van der Waals surface area contributed by atoms with Crippen LogP contribution in [0.5, 0.6) is 5.75 Å². The standard InChI is InChI=1S/C27H30O6/c1-4-24(28)31-14-15-32-26(29)21-10-12-22(13-11-21)27(30)33-23-16-18(2)25(19(3)17-23)20-8-6-5-7-9-20/h4-9,16-17,21-22H,1,10-15H2,2-3H3. The Bertz CT molecular complexity index is 980. The Morgan fingerprint density at radius 3 is 2.00 bits per heavy atom. The van der Waals surface area contributed by atoms with Crippen molar-refractivity contribution in [3.63, 3.8) is 0 Å². The van der Waals surface area contributed by atoms with Gasteiger partial charge < -0.3 is 14.2 Å². The fraction of sp³-hybridized carbons (Fsp3) is 0.370. The Morgan fingerprint density at radius 1 is 0.879 bits per heavy atom. The third kappa shape index (κ3) is 6.54. The highest BCUT2D eigenvalue weighted by atomic mass is 16.6. The number of ether oxygens (including phenoxy) is 3. The molecule has 0 radical (unpaired) electrons. The molecule has 0 amide bonds. The van der Waals surface area contributed by atoms with E-state index in [0.717, 1.165) is 28.3 Å². The van der Waals surface area contributed by atoms with Crippen LogP contribution in [-0.4, -0.2) is 31.1 Å². The maximum absolute atomic E-state index is 12.7. The first-order valence-electron chi connectivity index (χ1n) is 11.2. The quantitative estimate of drug-likeness (QED) is 0.245.